The summed E-state index contributed by atoms with van der Waals surface area (Å²) in [7, 11) is 0. The van der Waals surface area contributed by atoms with Crippen LogP contribution in [0.2, 0.25) is 0 Å². The highest BCUT2D eigenvalue weighted by Crippen LogP contribution is 2.32. The highest BCUT2D eigenvalue weighted by molar-refractivity contribution is 7.12. The molecule has 0 radical (unpaired) electrons. The van der Waals surface area contributed by atoms with E-state index in [1.54, 1.807) is 12.3 Å². The van der Waals surface area contributed by atoms with Crippen LogP contribution < -0.4 is 0 Å². The van der Waals surface area contributed by atoms with Crippen LogP contribution >= 0.6 is 11.3 Å². The molecule has 1 aromatic heterocycles. The number of rotatable bonds is 3. The Morgan fingerprint density at radius 1 is 1.39 bits per heavy atom. The molecule has 0 aliphatic heterocycles. The number of hydrogen-bond acceptors (Lipinski definition) is 4. The molecule has 0 atom stereocenters. The van der Waals surface area contributed by atoms with E-state index < -0.39 is 0 Å². The van der Waals surface area contributed by atoms with Gasteiger partial charge in [0.2, 0.25) is 0 Å². The highest BCUT2D eigenvalue weighted by atomic mass is 32.1. The van der Waals surface area contributed by atoms with E-state index in [9.17, 15) is 4.79 Å². The number of carbonyl (C=O) groups is 1. The molecule has 0 aliphatic rings. The van der Waals surface area contributed by atoms with E-state index in [0.29, 0.717) is 22.6 Å². The molecule has 3 nitrogen and oxygen atoms in total. The van der Waals surface area contributed by atoms with E-state index in [0.717, 1.165) is 5.56 Å². The van der Waals surface area contributed by atoms with Gasteiger partial charge in [-0.25, -0.2) is 4.79 Å². The number of benzene rings is 1. The topological polar surface area (TPSA) is 50.1 Å². The minimum atomic E-state index is -0.372. The number of nitrogens with zero attached hydrogens (tertiary/aromatic N) is 1. The van der Waals surface area contributed by atoms with Gasteiger partial charge in [-0.05, 0) is 12.5 Å². The van der Waals surface area contributed by atoms with Gasteiger partial charge in [0, 0.05) is 10.9 Å². The molecular formula is C14H11NO2S. The summed E-state index contributed by atoms with van der Waals surface area (Å²) in [4.78, 5) is 12.3. The first-order chi connectivity index (χ1) is 8.77. The van der Waals surface area contributed by atoms with Crippen LogP contribution in [0, 0.1) is 11.3 Å². The van der Waals surface area contributed by atoms with Crippen molar-refractivity contribution in [2.24, 2.45) is 0 Å². The Hall–Kier alpha value is -2.12. The van der Waals surface area contributed by atoms with Gasteiger partial charge >= 0.3 is 5.97 Å². The maximum Gasteiger partial charge on any atom is 0.348 e. The molecule has 0 saturated carbocycles. The number of nitriles is 1. The monoisotopic (exact) mass is 257 g/mol. The number of esters is 1. The molecule has 2 aromatic rings. The SMILES string of the molecule is CCOC(=O)c1scc(C#N)c1-c1ccccc1. The van der Waals surface area contributed by atoms with E-state index >= 15 is 0 Å². The fourth-order valence-electron chi connectivity index (χ4n) is 1.68. The predicted octanol–water partition coefficient (Wildman–Crippen LogP) is 3.46. The molecule has 0 amide bonds. The largest absolute Gasteiger partial charge is 0.462 e. The second-order valence-electron chi connectivity index (χ2n) is 3.55. The maximum atomic E-state index is 11.8. The molecule has 90 valence electrons. The van der Waals surface area contributed by atoms with Gasteiger partial charge in [-0.15, -0.1) is 11.3 Å². The summed E-state index contributed by atoms with van der Waals surface area (Å²) in [6.45, 7) is 2.09. The van der Waals surface area contributed by atoms with Crippen LogP contribution in [0.15, 0.2) is 35.7 Å². The second kappa shape index (κ2) is 5.48. The summed E-state index contributed by atoms with van der Waals surface area (Å²) in [5, 5.41) is 10.8. The number of hydrogen-bond donors (Lipinski definition) is 0. The number of carbonyl (C=O) groups excluding carboxylic acids is 1. The third kappa shape index (κ3) is 2.27. The Labute approximate surface area is 109 Å². The zero-order chi connectivity index (χ0) is 13.0. The van der Waals surface area contributed by atoms with Crippen LogP contribution in [-0.4, -0.2) is 12.6 Å². The van der Waals surface area contributed by atoms with E-state index in [4.69, 9.17) is 10.00 Å². The molecule has 1 aromatic carbocycles. The lowest BCUT2D eigenvalue weighted by atomic mass is 10.0. The maximum absolute atomic E-state index is 11.8. The molecule has 0 spiro atoms. The summed E-state index contributed by atoms with van der Waals surface area (Å²) in [5.41, 5.74) is 2.04. The van der Waals surface area contributed by atoms with Crippen molar-refractivity contribution in [1.82, 2.24) is 0 Å². The molecule has 0 unspecified atom stereocenters. The summed E-state index contributed by atoms with van der Waals surface area (Å²) in [5.74, 6) is -0.372. The van der Waals surface area contributed by atoms with Crippen LogP contribution in [0.5, 0.6) is 0 Å². The van der Waals surface area contributed by atoms with Crippen LogP contribution in [-0.2, 0) is 4.74 Å². The van der Waals surface area contributed by atoms with Crippen molar-refractivity contribution in [3.8, 4) is 17.2 Å². The standard InChI is InChI=1S/C14H11NO2S/c1-2-17-14(16)13-12(11(8-15)9-18-13)10-6-4-3-5-7-10/h3-7,9H,2H2,1H3. The molecule has 1 heterocycles. The van der Waals surface area contributed by atoms with Gasteiger partial charge in [0.05, 0.1) is 12.2 Å². The third-order valence-electron chi connectivity index (χ3n) is 2.43. The van der Waals surface area contributed by atoms with Crippen molar-refractivity contribution >= 4 is 17.3 Å². The molecule has 2 rings (SSSR count). The fourth-order valence-corrected chi connectivity index (χ4v) is 2.59. The van der Waals surface area contributed by atoms with E-state index in [1.807, 2.05) is 30.3 Å². The van der Waals surface area contributed by atoms with Crippen molar-refractivity contribution in [2.45, 2.75) is 6.92 Å². The molecule has 0 aliphatic carbocycles. The third-order valence-corrected chi connectivity index (χ3v) is 3.39. The summed E-state index contributed by atoms with van der Waals surface area (Å²) < 4.78 is 5.01. The zero-order valence-electron chi connectivity index (χ0n) is 9.84. The molecule has 0 saturated heterocycles. The Morgan fingerprint density at radius 2 is 2.11 bits per heavy atom. The van der Waals surface area contributed by atoms with Crippen LogP contribution in [0.25, 0.3) is 11.1 Å². The lowest BCUT2D eigenvalue weighted by Gasteiger charge is -2.04. The van der Waals surface area contributed by atoms with Crippen molar-refractivity contribution in [3.05, 3.63) is 46.2 Å². The lowest BCUT2D eigenvalue weighted by molar-refractivity contribution is 0.0533. The predicted molar refractivity (Wildman–Crippen MR) is 70.4 cm³/mol. The van der Waals surface area contributed by atoms with Gasteiger partial charge in [0.15, 0.2) is 0 Å². The minimum Gasteiger partial charge on any atom is -0.462 e. The molecule has 0 bridgehead atoms. The average Bonchev–Trinajstić information content (AvgIpc) is 2.83. The van der Waals surface area contributed by atoms with Crippen molar-refractivity contribution < 1.29 is 9.53 Å². The first kappa shape index (κ1) is 12.3. The van der Waals surface area contributed by atoms with E-state index in [2.05, 4.69) is 6.07 Å². The van der Waals surface area contributed by atoms with Gasteiger partial charge in [0.25, 0.3) is 0 Å². The summed E-state index contributed by atoms with van der Waals surface area (Å²) >= 11 is 1.25. The molecule has 18 heavy (non-hydrogen) atoms. The first-order valence-corrected chi connectivity index (χ1v) is 6.40. The Kier molecular flexibility index (Phi) is 3.75. The van der Waals surface area contributed by atoms with Crippen LogP contribution in [0.4, 0.5) is 0 Å². The first-order valence-electron chi connectivity index (χ1n) is 5.52. The molecule has 0 N–H and O–H groups in total. The van der Waals surface area contributed by atoms with Crippen molar-refractivity contribution in [1.29, 1.82) is 5.26 Å². The Bertz CT molecular complexity index is 596. The smallest absolute Gasteiger partial charge is 0.348 e. The van der Waals surface area contributed by atoms with Gasteiger partial charge in [-0.3, -0.25) is 0 Å². The van der Waals surface area contributed by atoms with Gasteiger partial charge in [0.1, 0.15) is 10.9 Å². The fraction of sp³-hybridized carbons (Fsp3) is 0.143. The van der Waals surface area contributed by atoms with Gasteiger partial charge in [-0.2, -0.15) is 5.26 Å². The summed E-state index contributed by atoms with van der Waals surface area (Å²) in [6, 6.07) is 11.5. The second-order valence-corrected chi connectivity index (χ2v) is 4.43. The normalized spacial score (nSPS) is 9.78. The molecule has 4 heteroatoms. The van der Waals surface area contributed by atoms with Crippen molar-refractivity contribution in [3.63, 3.8) is 0 Å². The lowest BCUT2D eigenvalue weighted by Crippen LogP contribution is -2.04. The highest BCUT2D eigenvalue weighted by Gasteiger charge is 2.20. The van der Waals surface area contributed by atoms with E-state index in [1.165, 1.54) is 11.3 Å². The molecule has 0 fully saturated rings. The van der Waals surface area contributed by atoms with Crippen LogP contribution in [0.1, 0.15) is 22.2 Å². The van der Waals surface area contributed by atoms with Gasteiger partial charge in [-0.1, -0.05) is 30.3 Å². The van der Waals surface area contributed by atoms with Gasteiger partial charge < -0.3 is 4.74 Å². The number of ether oxygens (including phenoxy) is 1. The zero-order valence-corrected chi connectivity index (χ0v) is 10.7. The van der Waals surface area contributed by atoms with E-state index in [-0.39, 0.29) is 5.97 Å². The van der Waals surface area contributed by atoms with Crippen LogP contribution in [0.3, 0.4) is 0 Å². The minimum absolute atomic E-state index is 0.326. The Morgan fingerprint density at radius 3 is 2.72 bits per heavy atom. The van der Waals surface area contributed by atoms with Crippen molar-refractivity contribution in [2.75, 3.05) is 6.61 Å². The Balaban J connectivity index is 2.54. The summed E-state index contributed by atoms with van der Waals surface area (Å²) in [6.07, 6.45) is 0. The molecular weight excluding hydrogens is 246 g/mol. The quantitative estimate of drug-likeness (QED) is 0.791. The average molecular weight is 257 g/mol. The number of thiophene rings is 1.